The average Bonchev–Trinajstić information content (AvgIpc) is 2.62. The third kappa shape index (κ3) is 1.88. The Morgan fingerprint density at radius 3 is 2.50 bits per heavy atom. The minimum atomic E-state index is -1.22. The molecule has 1 heterocycles. The Kier molecular flexibility index (Phi) is 2.59. The Bertz CT molecular complexity index is 503. The zero-order valence-corrected chi connectivity index (χ0v) is 8.25. The van der Waals surface area contributed by atoms with Crippen molar-refractivity contribution in [1.82, 2.24) is 0 Å². The van der Waals surface area contributed by atoms with Crippen molar-refractivity contribution < 1.29 is 14.7 Å². The zero-order valence-electron chi connectivity index (χ0n) is 8.25. The van der Waals surface area contributed by atoms with Crippen molar-refractivity contribution in [2.75, 3.05) is 0 Å². The highest BCUT2D eigenvalue weighted by Gasteiger charge is 2.25. The second kappa shape index (κ2) is 4.06. The highest BCUT2D eigenvalue weighted by Crippen LogP contribution is 2.20. The van der Waals surface area contributed by atoms with E-state index in [0.29, 0.717) is 0 Å². The first kappa shape index (κ1) is 10.2. The van der Waals surface area contributed by atoms with Gasteiger partial charge in [0.15, 0.2) is 5.70 Å². The summed E-state index contributed by atoms with van der Waals surface area (Å²) in [5, 5.41) is 15.4. The van der Waals surface area contributed by atoms with Gasteiger partial charge in [-0.2, -0.15) is 0 Å². The van der Waals surface area contributed by atoms with E-state index in [2.05, 4.69) is 10.2 Å². The molecule has 0 spiro atoms. The molecule has 1 N–H and O–H groups in total. The minimum Gasteiger partial charge on any atom is -0.476 e. The van der Waals surface area contributed by atoms with Crippen molar-refractivity contribution in [3.63, 3.8) is 0 Å². The largest absolute Gasteiger partial charge is 0.476 e. The Hall–Kier alpha value is -2.30. The van der Waals surface area contributed by atoms with Crippen LogP contribution in [0.4, 0.5) is 0 Å². The summed E-state index contributed by atoms with van der Waals surface area (Å²) < 4.78 is 0. The molecule has 1 aromatic carbocycles. The predicted molar refractivity (Wildman–Crippen MR) is 54.7 cm³/mol. The molecule has 0 unspecified atom stereocenters. The lowest BCUT2D eigenvalue weighted by atomic mass is 10.0. The van der Waals surface area contributed by atoms with Gasteiger partial charge in [-0.05, 0) is 5.56 Å². The third-order valence-corrected chi connectivity index (χ3v) is 2.21. The van der Waals surface area contributed by atoms with Crippen LogP contribution >= 0.6 is 0 Å². The normalized spacial score (nSPS) is 14.6. The molecule has 0 saturated carbocycles. The van der Waals surface area contributed by atoms with E-state index in [1.54, 1.807) is 0 Å². The molecule has 5 heteroatoms. The molecule has 0 aliphatic carbocycles. The van der Waals surface area contributed by atoms with E-state index in [4.69, 9.17) is 5.11 Å². The average molecular weight is 216 g/mol. The molecule has 0 fully saturated rings. The van der Waals surface area contributed by atoms with Crippen LogP contribution in [0.3, 0.4) is 0 Å². The molecule has 1 aliphatic heterocycles. The number of benzene rings is 1. The molecule has 0 bridgehead atoms. The van der Waals surface area contributed by atoms with Gasteiger partial charge in [0.1, 0.15) is 0 Å². The fourth-order valence-corrected chi connectivity index (χ4v) is 1.45. The summed E-state index contributed by atoms with van der Waals surface area (Å²) in [6.45, 7) is 0. The summed E-state index contributed by atoms with van der Waals surface area (Å²) in [4.78, 5) is 22.1. The number of amides is 1. The van der Waals surface area contributed by atoms with Gasteiger partial charge in [-0.3, -0.25) is 4.79 Å². The molecule has 1 aromatic rings. The molecule has 16 heavy (non-hydrogen) atoms. The van der Waals surface area contributed by atoms with E-state index in [0.717, 1.165) is 5.56 Å². The molecule has 1 amide bonds. The number of aliphatic carboxylic acids is 1. The molecular formula is C11H8N2O3. The zero-order chi connectivity index (χ0) is 11.5. The van der Waals surface area contributed by atoms with E-state index < -0.39 is 11.9 Å². The van der Waals surface area contributed by atoms with Crippen LogP contribution in [0.2, 0.25) is 0 Å². The predicted octanol–water partition coefficient (Wildman–Crippen LogP) is 1.56. The summed E-state index contributed by atoms with van der Waals surface area (Å²) in [5.74, 6) is -1.79. The summed E-state index contributed by atoms with van der Waals surface area (Å²) in [6, 6.07) is 9.13. The molecule has 2 rings (SSSR count). The van der Waals surface area contributed by atoms with Crippen LogP contribution in [0.5, 0.6) is 0 Å². The van der Waals surface area contributed by atoms with Crippen LogP contribution < -0.4 is 0 Å². The van der Waals surface area contributed by atoms with Crippen molar-refractivity contribution in [3.8, 4) is 0 Å². The highest BCUT2D eigenvalue weighted by atomic mass is 16.4. The van der Waals surface area contributed by atoms with Gasteiger partial charge in [-0.15, -0.1) is 10.2 Å². The van der Waals surface area contributed by atoms with Gasteiger partial charge in [0.25, 0.3) is 5.91 Å². The number of carboxylic acid groups (broad SMARTS) is 1. The molecular weight excluding hydrogens is 208 g/mol. The van der Waals surface area contributed by atoms with Crippen molar-refractivity contribution in [2.45, 2.75) is 6.42 Å². The molecule has 0 saturated heterocycles. The minimum absolute atomic E-state index is 0.138. The van der Waals surface area contributed by atoms with E-state index in [-0.39, 0.29) is 17.7 Å². The number of hydrogen-bond donors (Lipinski definition) is 1. The third-order valence-electron chi connectivity index (χ3n) is 2.21. The van der Waals surface area contributed by atoms with Crippen LogP contribution in [-0.2, 0) is 16.0 Å². The van der Waals surface area contributed by atoms with Crippen LogP contribution in [0.25, 0.3) is 0 Å². The lowest BCUT2D eigenvalue weighted by Gasteiger charge is -2.00. The van der Waals surface area contributed by atoms with Gasteiger partial charge in [0.2, 0.25) is 0 Å². The standard InChI is InChI=1S/C11H8N2O3/c14-10-8(9(11(15)16)12-13-10)6-7-4-2-1-3-5-7/h1-5H,6H2,(H,15,16). The lowest BCUT2D eigenvalue weighted by Crippen LogP contribution is -2.06. The van der Waals surface area contributed by atoms with Crippen molar-refractivity contribution in [1.29, 1.82) is 0 Å². The molecule has 5 nitrogen and oxygen atoms in total. The van der Waals surface area contributed by atoms with Crippen LogP contribution in [0.1, 0.15) is 5.56 Å². The fraction of sp³-hybridized carbons (Fsp3) is 0.0909. The van der Waals surface area contributed by atoms with Gasteiger partial charge in [0.05, 0.1) is 5.57 Å². The van der Waals surface area contributed by atoms with Crippen LogP contribution in [0, 0.1) is 0 Å². The maximum absolute atomic E-state index is 11.3. The Morgan fingerprint density at radius 2 is 1.88 bits per heavy atom. The van der Waals surface area contributed by atoms with Crippen molar-refractivity contribution in [2.24, 2.45) is 10.2 Å². The molecule has 0 radical (unpaired) electrons. The van der Waals surface area contributed by atoms with Crippen LogP contribution in [0.15, 0.2) is 51.8 Å². The molecule has 0 atom stereocenters. The van der Waals surface area contributed by atoms with Gasteiger partial charge in [-0.25, -0.2) is 4.79 Å². The molecule has 1 aliphatic rings. The van der Waals surface area contributed by atoms with E-state index in [1.807, 2.05) is 30.3 Å². The van der Waals surface area contributed by atoms with E-state index in [9.17, 15) is 9.59 Å². The first-order valence-electron chi connectivity index (χ1n) is 4.65. The maximum atomic E-state index is 11.3. The summed E-state index contributed by atoms with van der Waals surface area (Å²) >= 11 is 0. The number of rotatable bonds is 3. The fourth-order valence-electron chi connectivity index (χ4n) is 1.45. The van der Waals surface area contributed by atoms with Crippen molar-refractivity contribution >= 4 is 11.9 Å². The van der Waals surface area contributed by atoms with Gasteiger partial charge < -0.3 is 5.11 Å². The Labute approximate surface area is 91.1 Å². The summed E-state index contributed by atoms with van der Waals surface area (Å²) in [6.07, 6.45) is 0.244. The molecule has 0 aromatic heterocycles. The second-order valence-electron chi connectivity index (χ2n) is 3.30. The summed E-state index contributed by atoms with van der Waals surface area (Å²) in [7, 11) is 0. The molecule has 80 valence electrons. The maximum Gasteiger partial charge on any atom is 0.356 e. The monoisotopic (exact) mass is 216 g/mol. The van der Waals surface area contributed by atoms with Gasteiger partial charge in [-0.1, -0.05) is 30.3 Å². The Balaban J connectivity index is 2.31. The number of carbonyl (C=O) groups excluding carboxylic acids is 1. The second-order valence-corrected chi connectivity index (χ2v) is 3.30. The highest BCUT2D eigenvalue weighted by molar-refractivity contribution is 6.04. The van der Waals surface area contributed by atoms with E-state index in [1.165, 1.54) is 0 Å². The van der Waals surface area contributed by atoms with Crippen molar-refractivity contribution in [3.05, 3.63) is 47.2 Å². The number of nitrogens with zero attached hydrogens (tertiary/aromatic N) is 2. The van der Waals surface area contributed by atoms with Gasteiger partial charge in [0, 0.05) is 6.42 Å². The van der Waals surface area contributed by atoms with E-state index >= 15 is 0 Å². The number of hydrogen-bond acceptors (Lipinski definition) is 3. The number of carbonyl (C=O) groups is 2. The lowest BCUT2D eigenvalue weighted by molar-refractivity contribution is -0.132. The summed E-state index contributed by atoms with van der Waals surface area (Å²) in [5.41, 5.74) is 0.740. The number of azo groups is 1. The van der Waals surface area contributed by atoms with Crippen LogP contribution in [-0.4, -0.2) is 17.0 Å². The first-order chi connectivity index (χ1) is 7.68. The topological polar surface area (TPSA) is 79.1 Å². The van der Waals surface area contributed by atoms with Gasteiger partial charge >= 0.3 is 5.97 Å². The first-order valence-corrected chi connectivity index (χ1v) is 4.65. The number of carboxylic acids is 1. The smallest absolute Gasteiger partial charge is 0.356 e. The quantitative estimate of drug-likeness (QED) is 0.832. The Morgan fingerprint density at radius 1 is 1.19 bits per heavy atom. The SMILES string of the molecule is O=C(O)C1=C(Cc2ccccc2)C(=O)N=N1.